The van der Waals surface area contributed by atoms with Crippen LogP contribution in [0.4, 0.5) is 0 Å². The lowest BCUT2D eigenvalue weighted by Gasteiger charge is -2.30. The van der Waals surface area contributed by atoms with Crippen LogP contribution in [-0.2, 0) is 4.79 Å². The second-order valence-electron chi connectivity index (χ2n) is 6.26. The summed E-state index contributed by atoms with van der Waals surface area (Å²) >= 11 is 0. The lowest BCUT2D eigenvalue weighted by atomic mass is 9.89. The summed E-state index contributed by atoms with van der Waals surface area (Å²) in [5.74, 6) is 0.729. The topological polar surface area (TPSA) is 40.5 Å². The van der Waals surface area contributed by atoms with Crippen LogP contribution in [0, 0.1) is 5.92 Å². The minimum atomic E-state index is 0.0449. The average Bonchev–Trinajstić information content (AvgIpc) is 2.45. The number of phenolic OH excluding ortho intramolecular Hbond substituents is 1. The maximum atomic E-state index is 12.7. The quantitative estimate of drug-likeness (QED) is 0.902. The fraction of sp³-hybridized carbons (Fsp3) is 0.611. The molecule has 3 heteroatoms. The van der Waals surface area contributed by atoms with Crippen molar-refractivity contribution in [3.8, 4) is 5.75 Å². The Kier molecular flexibility index (Phi) is 5.66. The summed E-state index contributed by atoms with van der Waals surface area (Å²) < 4.78 is 0. The Hall–Kier alpha value is -1.51. The van der Waals surface area contributed by atoms with Gasteiger partial charge in [0, 0.05) is 13.0 Å². The molecule has 1 atom stereocenters. The summed E-state index contributed by atoms with van der Waals surface area (Å²) in [4.78, 5) is 14.6. The molecule has 1 N–H and O–H groups in total. The van der Waals surface area contributed by atoms with E-state index in [0.29, 0.717) is 0 Å². The van der Waals surface area contributed by atoms with Crippen molar-refractivity contribution in [2.75, 3.05) is 7.05 Å². The van der Waals surface area contributed by atoms with E-state index in [0.717, 1.165) is 18.4 Å². The van der Waals surface area contributed by atoms with Crippen LogP contribution in [0.5, 0.6) is 5.75 Å². The van der Waals surface area contributed by atoms with E-state index in [1.54, 1.807) is 12.1 Å². The predicted molar refractivity (Wildman–Crippen MR) is 85.1 cm³/mol. The van der Waals surface area contributed by atoms with Gasteiger partial charge in [-0.2, -0.15) is 0 Å². The van der Waals surface area contributed by atoms with Crippen LogP contribution in [0.3, 0.4) is 0 Å². The molecule has 0 bridgehead atoms. The van der Waals surface area contributed by atoms with Crippen molar-refractivity contribution in [2.45, 2.75) is 57.9 Å². The smallest absolute Gasteiger partial charge is 0.225 e. The van der Waals surface area contributed by atoms with Gasteiger partial charge in [0.15, 0.2) is 0 Å². The number of rotatable bonds is 3. The Labute approximate surface area is 128 Å². The molecule has 0 spiro atoms. The third-order valence-corrected chi connectivity index (χ3v) is 4.76. The summed E-state index contributed by atoms with van der Waals surface area (Å²) in [5, 5.41) is 9.37. The number of amides is 1. The zero-order valence-corrected chi connectivity index (χ0v) is 13.2. The molecular formula is C18H27NO2. The Morgan fingerprint density at radius 1 is 1.10 bits per heavy atom. The number of hydrogen-bond donors (Lipinski definition) is 1. The van der Waals surface area contributed by atoms with Crippen LogP contribution in [0.1, 0.15) is 63.5 Å². The normalized spacial score (nSPS) is 18.6. The highest BCUT2D eigenvalue weighted by Crippen LogP contribution is 2.27. The third kappa shape index (κ3) is 4.23. The summed E-state index contributed by atoms with van der Waals surface area (Å²) in [6, 6.07) is 7.19. The first-order chi connectivity index (χ1) is 10.1. The molecule has 2 rings (SSSR count). The van der Waals surface area contributed by atoms with Gasteiger partial charge in [-0.05, 0) is 37.5 Å². The molecule has 1 aliphatic carbocycles. The molecule has 1 aromatic carbocycles. The number of aromatic hydroxyl groups is 1. The Bertz CT molecular complexity index is 447. The van der Waals surface area contributed by atoms with Crippen LogP contribution in [0.15, 0.2) is 24.3 Å². The molecule has 1 aliphatic rings. The minimum absolute atomic E-state index is 0.0449. The Balaban J connectivity index is 2.01. The van der Waals surface area contributed by atoms with Crippen molar-refractivity contribution in [3.05, 3.63) is 29.8 Å². The highest BCUT2D eigenvalue weighted by atomic mass is 16.3. The number of benzene rings is 1. The lowest BCUT2D eigenvalue weighted by molar-refractivity contribution is -0.136. The lowest BCUT2D eigenvalue weighted by Crippen LogP contribution is -2.35. The van der Waals surface area contributed by atoms with Gasteiger partial charge in [0.25, 0.3) is 0 Å². The van der Waals surface area contributed by atoms with Crippen molar-refractivity contribution < 1.29 is 9.90 Å². The molecule has 0 heterocycles. The van der Waals surface area contributed by atoms with E-state index >= 15 is 0 Å². The van der Waals surface area contributed by atoms with Gasteiger partial charge in [0.2, 0.25) is 5.91 Å². The number of nitrogens with zero attached hydrogens (tertiary/aromatic N) is 1. The van der Waals surface area contributed by atoms with Gasteiger partial charge in [-0.3, -0.25) is 4.79 Å². The first kappa shape index (κ1) is 15.9. The van der Waals surface area contributed by atoms with E-state index in [2.05, 4.69) is 0 Å². The van der Waals surface area contributed by atoms with Gasteiger partial charge in [0.1, 0.15) is 5.75 Å². The maximum Gasteiger partial charge on any atom is 0.225 e. The van der Waals surface area contributed by atoms with Crippen molar-refractivity contribution in [1.82, 2.24) is 4.90 Å². The first-order valence-electron chi connectivity index (χ1n) is 8.15. The number of phenols is 1. The van der Waals surface area contributed by atoms with Crippen molar-refractivity contribution >= 4 is 5.91 Å². The first-order valence-corrected chi connectivity index (χ1v) is 8.15. The van der Waals surface area contributed by atoms with E-state index in [-0.39, 0.29) is 23.6 Å². The molecule has 0 aromatic heterocycles. The van der Waals surface area contributed by atoms with Crippen molar-refractivity contribution in [2.24, 2.45) is 5.92 Å². The van der Waals surface area contributed by atoms with Gasteiger partial charge >= 0.3 is 0 Å². The van der Waals surface area contributed by atoms with E-state index in [1.165, 1.54) is 32.1 Å². The highest BCUT2D eigenvalue weighted by Gasteiger charge is 2.25. The second kappa shape index (κ2) is 7.48. The van der Waals surface area contributed by atoms with Crippen LogP contribution >= 0.6 is 0 Å². The summed E-state index contributed by atoms with van der Waals surface area (Å²) in [5.41, 5.74) is 1.06. The van der Waals surface area contributed by atoms with Crippen LogP contribution in [0.25, 0.3) is 0 Å². The van der Waals surface area contributed by atoms with Crippen LogP contribution in [-0.4, -0.2) is 23.0 Å². The van der Waals surface area contributed by atoms with Crippen molar-refractivity contribution in [1.29, 1.82) is 0 Å². The molecule has 1 aromatic rings. The summed E-state index contributed by atoms with van der Waals surface area (Å²) in [7, 11) is 1.90. The molecule has 0 radical (unpaired) electrons. The molecule has 0 saturated heterocycles. The van der Waals surface area contributed by atoms with Crippen LogP contribution in [0.2, 0.25) is 0 Å². The monoisotopic (exact) mass is 289 g/mol. The third-order valence-electron chi connectivity index (χ3n) is 4.76. The Morgan fingerprint density at radius 2 is 1.62 bits per heavy atom. The number of carbonyl (C=O) groups excluding carboxylic acids is 1. The zero-order valence-electron chi connectivity index (χ0n) is 13.2. The second-order valence-corrected chi connectivity index (χ2v) is 6.26. The van der Waals surface area contributed by atoms with Gasteiger partial charge in [0.05, 0.1) is 6.04 Å². The van der Waals surface area contributed by atoms with Crippen LogP contribution < -0.4 is 0 Å². The maximum absolute atomic E-state index is 12.7. The summed E-state index contributed by atoms with van der Waals surface area (Å²) in [6.07, 6.45) is 8.27. The van der Waals surface area contributed by atoms with Gasteiger partial charge in [-0.25, -0.2) is 0 Å². The molecule has 1 saturated carbocycles. The molecule has 1 unspecified atom stereocenters. The molecule has 116 valence electrons. The number of carbonyl (C=O) groups is 1. The molecule has 1 fully saturated rings. The molecular weight excluding hydrogens is 262 g/mol. The summed E-state index contributed by atoms with van der Waals surface area (Å²) in [6.45, 7) is 2.05. The molecule has 0 aliphatic heterocycles. The average molecular weight is 289 g/mol. The fourth-order valence-electron chi connectivity index (χ4n) is 3.16. The minimum Gasteiger partial charge on any atom is -0.508 e. The number of hydrogen-bond acceptors (Lipinski definition) is 2. The molecule has 3 nitrogen and oxygen atoms in total. The SMILES string of the molecule is CC(c1ccc(O)cc1)N(C)C(=O)C1CCCCCCC1. The van der Waals surface area contributed by atoms with E-state index in [4.69, 9.17) is 0 Å². The Morgan fingerprint density at radius 3 is 2.19 bits per heavy atom. The zero-order chi connectivity index (χ0) is 15.2. The van der Waals surface area contributed by atoms with Crippen molar-refractivity contribution in [3.63, 3.8) is 0 Å². The van der Waals surface area contributed by atoms with Gasteiger partial charge in [-0.15, -0.1) is 0 Å². The standard InChI is InChI=1S/C18H27NO2/c1-14(15-10-12-17(20)13-11-15)19(2)18(21)16-8-6-4-3-5-7-9-16/h10-14,16,20H,3-9H2,1-2H3. The van der Waals surface area contributed by atoms with Gasteiger partial charge < -0.3 is 10.0 Å². The van der Waals surface area contributed by atoms with E-state index in [1.807, 2.05) is 31.0 Å². The molecule has 1 amide bonds. The highest BCUT2D eigenvalue weighted by molar-refractivity contribution is 5.79. The van der Waals surface area contributed by atoms with E-state index in [9.17, 15) is 9.90 Å². The van der Waals surface area contributed by atoms with E-state index < -0.39 is 0 Å². The van der Waals surface area contributed by atoms with Gasteiger partial charge in [-0.1, -0.05) is 44.2 Å². The largest absolute Gasteiger partial charge is 0.508 e. The molecule has 21 heavy (non-hydrogen) atoms. The fourth-order valence-corrected chi connectivity index (χ4v) is 3.16. The predicted octanol–water partition coefficient (Wildman–Crippen LogP) is 4.27.